The minimum Gasteiger partial charge on any atom is -0.383 e. The standard InChI is InChI=1S/C21H29N3O4S/c1-5-24(16-17-9-11-19(12-10-17)23(2)3)21(25)18-7-6-8-20(15-18)29(26,27)22-13-14-28-4/h6-12,15,22H,5,13-14,16H2,1-4H3. The third-order valence-electron chi connectivity index (χ3n) is 4.48. The highest BCUT2D eigenvalue weighted by molar-refractivity contribution is 7.89. The normalized spacial score (nSPS) is 11.3. The van der Waals surface area contributed by atoms with E-state index in [9.17, 15) is 13.2 Å². The molecule has 0 aliphatic carbocycles. The molecule has 2 aromatic carbocycles. The Kier molecular flexibility index (Phi) is 8.19. The molecular formula is C21H29N3O4S. The molecule has 1 N–H and O–H groups in total. The van der Waals surface area contributed by atoms with Crippen LogP contribution in [0, 0.1) is 0 Å². The van der Waals surface area contributed by atoms with Crippen LogP contribution in [0.15, 0.2) is 53.4 Å². The third-order valence-corrected chi connectivity index (χ3v) is 5.94. The molecule has 0 saturated carbocycles. The van der Waals surface area contributed by atoms with Gasteiger partial charge in [0.15, 0.2) is 0 Å². The highest BCUT2D eigenvalue weighted by Crippen LogP contribution is 2.17. The molecule has 0 aliphatic rings. The number of carbonyl (C=O) groups excluding carboxylic acids is 1. The first-order valence-corrected chi connectivity index (χ1v) is 10.9. The second-order valence-electron chi connectivity index (χ2n) is 6.80. The van der Waals surface area contributed by atoms with Gasteiger partial charge < -0.3 is 14.5 Å². The van der Waals surface area contributed by atoms with Crippen LogP contribution in [0.3, 0.4) is 0 Å². The first-order chi connectivity index (χ1) is 13.8. The second-order valence-corrected chi connectivity index (χ2v) is 8.57. The summed E-state index contributed by atoms with van der Waals surface area (Å²) in [6.07, 6.45) is 0. The highest BCUT2D eigenvalue weighted by Gasteiger charge is 2.19. The molecule has 8 heteroatoms. The van der Waals surface area contributed by atoms with E-state index in [2.05, 4.69) is 4.72 Å². The first kappa shape index (κ1) is 22.9. The maximum absolute atomic E-state index is 13.0. The van der Waals surface area contributed by atoms with Crippen LogP contribution in [0.25, 0.3) is 0 Å². The molecule has 0 radical (unpaired) electrons. The summed E-state index contributed by atoms with van der Waals surface area (Å²) < 4.78 is 32.1. The Hall–Kier alpha value is -2.42. The predicted octanol–water partition coefficient (Wildman–Crippen LogP) is 2.34. The lowest BCUT2D eigenvalue weighted by Crippen LogP contribution is -2.31. The zero-order chi connectivity index (χ0) is 21.4. The van der Waals surface area contributed by atoms with E-state index in [1.54, 1.807) is 17.0 Å². The number of methoxy groups -OCH3 is 1. The highest BCUT2D eigenvalue weighted by atomic mass is 32.2. The number of sulfonamides is 1. The molecule has 0 saturated heterocycles. The van der Waals surface area contributed by atoms with Gasteiger partial charge in [-0.05, 0) is 42.8 Å². The molecule has 2 aromatic rings. The third kappa shape index (κ3) is 6.28. The van der Waals surface area contributed by atoms with Crippen molar-refractivity contribution in [3.63, 3.8) is 0 Å². The fourth-order valence-electron chi connectivity index (χ4n) is 2.79. The van der Waals surface area contributed by atoms with Crippen LogP contribution in [0.1, 0.15) is 22.8 Å². The number of carbonyl (C=O) groups is 1. The monoisotopic (exact) mass is 419 g/mol. The van der Waals surface area contributed by atoms with E-state index < -0.39 is 10.0 Å². The summed E-state index contributed by atoms with van der Waals surface area (Å²) in [4.78, 5) is 16.7. The van der Waals surface area contributed by atoms with E-state index >= 15 is 0 Å². The maximum atomic E-state index is 13.0. The lowest BCUT2D eigenvalue weighted by Gasteiger charge is -2.22. The molecule has 7 nitrogen and oxygen atoms in total. The van der Waals surface area contributed by atoms with E-state index in [4.69, 9.17) is 4.74 Å². The largest absolute Gasteiger partial charge is 0.383 e. The Morgan fingerprint density at radius 2 is 1.79 bits per heavy atom. The lowest BCUT2D eigenvalue weighted by molar-refractivity contribution is 0.0752. The van der Waals surface area contributed by atoms with Gasteiger partial charge in [0.25, 0.3) is 5.91 Å². The van der Waals surface area contributed by atoms with Gasteiger partial charge >= 0.3 is 0 Å². The van der Waals surface area contributed by atoms with Crippen molar-refractivity contribution >= 4 is 21.6 Å². The summed E-state index contributed by atoms with van der Waals surface area (Å²) in [5, 5.41) is 0. The number of nitrogens with zero attached hydrogens (tertiary/aromatic N) is 2. The number of nitrogens with one attached hydrogen (secondary N) is 1. The minimum absolute atomic E-state index is 0.0610. The Labute approximate surface area is 173 Å². The van der Waals surface area contributed by atoms with Crippen LogP contribution in [0.4, 0.5) is 5.69 Å². The van der Waals surface area contributed by atoms with Crippen LogP contribution >= 0.6 is 0 Å². The van der Waals surface area contributed by atoms with Crippen LogP contribution in [-0.2, 0) is 21.3 Å². The van der Waals surface area contributed by atoms with Gasteiger partial charge in [-0.15, -0.1) is 0 Å². The summed E-state index contributed by atoms with van der Waals surface area (Å²) in [6, 6.07) is 14.1. The van der Waals surface area contributed by atoms with Gasteiger partial charge in [0.2, 0.25) is 10.0 Å². The van der Waals surface area contributed by atoms with Gasteiger partial charge in [-0.25, -0.2) is 13.1 Å². The fraction of sp³-hybridized carbons (Fsp3) is 0.381. The first-order valence-electron chi connectivity index (χ1n) is 9.42. The number of anilines is 1. The molecule has 2 rings (SSSR count). The summed E-state index contributed by atoms with van der Waals surface area (Å²) in [5.41, 5.74) is 2.43. The van der Waals surface area contributed by atoms with Gasteiger partial charge in [0.05, 0.1) is 11.5 Å². The lowest BCUT2D eigenvalue weighted by atomic mass is 10.1. The zero-order valence-electron chi connectivity index (χ0n) is 17.4. The molecule has 0 spiro atoms. The van der Waals surface area contributed by atoms with E-state index in [1.165, 1.54) is 19.2 Å². The Morgan fingerprint density at radius 1 is 1.10 bits per heavy atom. The topological polar surface area (TPSA) is 79.0 Å². The number of rotatable bonds is 10. The zero-order valence-corrected chi connectivity index (χ0v) is 18.2. The maximum Gasteiger partial charge on any atom is 0.254 e. The van der Waals surface area contributed by atoms with Gasteiger partial charge in [-0.3, -0.25) is 4.79 Å². The quantitative estimate of drug-likeness (QED) is 0.598. The summed E-state index contributed by atoms with van der Waals surface area (Å²) >= 11 is 0. The average Bonchev–Trinajstić information content (AvgIpc) is 2.72. The number of hydrogen-bond acceptors (Lipinski definition) is 5. The van der Waals surface area contributed by atoms with Crippen molar-refractivity contribution in [3.8, 4) is 0 Å². The van der Waals surface area contributed by atoms with E-state index in [0.717, 1.165) is 11.3 Å². The van der Waals surface area contributed by atoms with Crippen molar-refractivity contribution in [1.29, 1.82) is 0 Å². The van der Waals surface area contributed by atoms with Crippen LogP contribution in [0.5, 0.6) is 0 Å². The van der Waals surface area contributed by atoms with Gasteiger partial charge in [-0.2, -0.15) is 0 Å². The molecule has 0 atom stereocenters. The van der Waals surface area contributed by atoms with Gasteiger partial charge in [0, 0.05) is 52.1 Å². The molecule has 0 aromatic heterocycles. The molecule has 0 heterocycles. The molecule has 0 bridgehead atoms. The molecule has 0 fully saturated rings. The summed E-state index contributed by atoms with van der Waals surface area (Å²) in [7, 11) is 1.75. The van der Waals surface area contributed by atoms with E-state index in [1.807, 2.05) is 50.2 Å². The van der Waals surface area contributed by atoms with Crippen molar-refractivity contribution in [2.75, 3.05) is 45.8 Å². The smallest absolute Gasteiger partial charge is 0.254 e. The number of hydrogen-bond donors (Lipinski definition) is 1. The van der Waals surface area contributed by atoms with Crippen molar-refractivity contribution in [3.05, 3.63) is 59.7 Å². The van der Waals surface area contributed by atoms with Crippen molar-refractivity contribution in [1.82, 2.24) is 9.62 Å². The molecular weight excluding hydrogens is 390 g/mol. The summed E-state index contributed by atoms with van der Waals surface area (Å²) in [6.45, 7) is 3.30. The molecule has 0 aliphatic heterocycles. The molecule has 0 unspecified atom stereocenters. The van der Waals surface area contributed by atoms with Gasteiger partial charge in [0.1, 0.15) is 0 Å². The minimum atomic E-state index is -3.70. The Bertz CT molecular complexity index is 912. The summed E-state index contributed by atoms with van der Waals surface area (Å²) in [5.74, 6) is -0.210. The SMILES string of the molecule is CCN(Cc1ccc(N(C)C)cc1)C(=O)c1cccc(S(=O)(=O)NCCOC)c1. The van der Waals surface area contributed by atoms with Crippen molar-refractivity contribution in [2.24, 2.45) is 0 Å². The predicted molar refractivity (Wildman–Crippen MR) is 115 cm³/mol. The van der Waals surface area contributed by atoms with Crippen LogP contribution in [0.2, 0.25) is 0 Å². The average molecular weight is 420 g/mol. The van der Waals surface area contributed by atoms with Crippen molar-refractivity contribution < 1.29 is 17.9 Å². The van der Waals surface area contributed by atoms with Crippen LogP contribution < -0.4 is 9.62 Å². The number of benzene rings is 2. The van der Waals surface area contributed by atoms with Gasteiger partial charge in [-0.1, -0.05) is 18.2 Å². The number of ether oxygens (including phenoxy) is 1. The van der Waals surface area contributed by atoms with Crippen LogP contribution in [-0.4, -0.2) is 60.1 Å². The molecule has 29 heavy (non-hydrogen) atoms. The van der Waals surface area contributed by atoms with E-state index in [0.29, 0.717) is 18.7 Å². The van der Waals surface area contributed by atoms with E-state index in [-0.39, 0.29) is 24.0 Å². The Morgan fingerprint density at radius 3 is 2.38 bits per heavy atom. The van der Waals surface area contributed by atoms with Crippen molar-refractivity contribution in [2.45, 2.75) is 18.4 Å². The molecule has 158 valence electrons. The Balaban J connectivity index is 2.16. The number of amides is 1. The fourth-order valence-corrected chi connectivity index (χ4v) is 3.85. The second kappa shape index (κ2) is 10.4. The molecule has 1 amide bonds.